The molecule has 1 N–H and O–H groups in total. The summed E-state index contributed by atoms with van der Waals surface area (Å²) in [6.45, 7) is 1.54. The summed E-state index contributed by atoms with van der Waals surface area (Å²) in [5, 5.41) is 7.69. The van der Waals surface area contributed by atoms with Crippen molar-refractivity contribution in [2.75, 3.05) is 18.4 Å². The first kappa shape index (κ1) is 17.3. The minimum Gasteiger partial charge on any atom is -0.356 e. The maximum absolute atomic E-state index is 12.8. The number of carbonyl (C=O) groups excluding carboxylic acids is 2. The molecular weight excluding hydrogens is 342 g/mol. The summed E-state index contributed by atoms with van der Waals surface area (Å²) in [5.41, 5.74) is 2.30. The first-order valence-corrected chi connectivity index (χ1v) is 9.24. The van der Waals surface area contributed by atoms with Gasteiger partial charge in [-0.3, -0.25) is 9.59 Å². The maximum atomic E-state index is 12.8. The van der Waals surface area contributed by atoms with Crippen LogP contribution in [0.1, 0.15) is 35.3 Å². The Kier molecular flexibility index (Phi) is 4.87. The highest BCUT2D eigenvalue weighted by atomic mass is 16.5. The summed E-state index contributed by atoms with van der Waals surface area (Å²) in [5.74, 6) is -0.259. The number of amides is 2. The molecule has 1 saturated heterocycles. The van der Waals surface area contributed by atoms with E-state index in [1.165, 1.54) is 0 Å². The van der Waals surface area contributed by atoms with Gasteiger partial charge in [0.2, 0.25) is 5.91 Å². The molecule has 3 aromatic rings. The third kappa shape index (κ3) is 3.69. The van der Waals surface area contributed by atoms with Crippen LogP contribution in [0.2, 0.25) is 0 Å². The predicted octanol–water partition coefficient (Wildman–Crippen LogP) is 3.64. The minimum absolute atomic E-state index is 0.0301. The number of nitrogens with zero attached hydrogens (tertiary/aromatic N) is 2. The SMILES string of the molecule is O=C(Cc1noc2ccccc12)Nc1ccccc1C(=O)N1CCCCC1. The molecule has 0 atom stereocenters. The average Bonchev–Trinajstić information content (AvgIpc) is 3.11. The Morgan fingerprint density at radius 3 is 2.59 bits per heavy atom. The van der Waals surface area contributed by atoms with E-state index in [0.29, 0.717) is 22.5 Å². The van der Waals surface area contributed by atoms with E-state index < -0.39 is 0 Å². The van der Waals surface area contributed by atoms with Crippen molar-refractivity contribution in [2.24, 2.45) is 0 Å². The van der Waals surface area contributed by atoms with Gasteiger partial charge in [0.25, 0.3) is 5.91 Å². The molecule has 6 nitrogen and oxygen atoms in total. The van der Waals surface area contributed by atoms with Crippen LogP contribution in [0.4, 0.5) is 5.69 Å². The van der Waals surface area contributed by atoms with Crippen molar-refractivity contribution in [1.82, 2.24) is 10.1 Å². The molecule has 1 fully saturated rings. The summed E-state index contributed by atoms with van der Waals surface area (Å²) < 4.78 is 5.25. The van der Waals surface area contributed by atoms with Gasteiger partial charge in [-0.25, -0.2) is 0 Å². The number of piperidine rings is 1. The number of benzene rings is 2. The van der Waals surface area contributed by atoms with Crippen LogP contribution in [0, 0.1) is 0 Å². The highest BCUT2D eigenvalue weighted by Gasteiger charge is 2.21. The van der Waals surface area contributed by atoms with Gasteiger partial charge in [0.1, 0.15) is 5.69 Å². The van der Waals surface area contributed by atoms with Crippen molar-refractivity contribution >= 4 is 28.5 Å². The van der Waals surface area contributed by atoms with E-state index in [0.717, 1.165) is 37.7 Å². The van der Waals surface area contributed by atoms with E-state index in [9.17, 15) is 9.59 Å². The zero-order chi connectivity index (χ0) is 18.6. The van der Waals surface area contributed by atoms with Crippen molar-refractivity contribution in [2.45, 2.75) is 25.7 Å². The van der Waals surface area contributed by atoms with Crippen LogP contribution in [0.25, 0.3) is 11.0 Å². The van der Waals surface area contributed by atoms with Gasteiger partial charge in [-0.2, -0.15) is 0 Å². The third-order valence-electron chi connectivity index (χ3n) is 4.85. The molecular formula is C21H21N3O3. The molecule has 1 aliphatic rings. The fourth-order valence-corrected chi connectivity index (χ4v) is 3.46. The largest absolute Gasteiger partial charge is 0.356 e. The number of nitrogens with one attached hydrogen (secondary N) is 1. The number of anilines is 1. The zero-order valence-corrected chi connectivity index (χ0v) is 15.0. The Morgan fingerprint density at radius 1 is 1.00 bits per heavy atom. The Balaban J connectivity index is 1.50. The molecule has 2 heterocycles. The van der Waals surface area contributed by atoms with E-state index >= 15 is 0 Å². The third-order valence-corrected chi connectivity index (χ3v) is 4.85. The number of rotatable bonds is 4. The van der Waals surface area contributed by atoms with Gasteiger partial charge in [0, 0.05) is 18.5 Å². The van der Waals surface area contributed by atoms with Crippen LogP contribution >= 0.6 is 0 Å². The molecule has 1 aromatic heterocycles. The number of carbonyl (C=O) groups is 2. The van der Waals surface area contributed by atoms with E-state index in [-0.39, 0.29) is 18.2 Å². The standard InChI is InChI=1S/C21H21N3O3/c25-20(14-18-15-8-3-5-11-19(15)27-23-18)22-17-10-4-2-9-16(17)21(26)24-12-6-1-7-13-24/h2-5,8-11H,1,6-7,12-14H2,(H,22,25). The second-order valence-electron chi connectivity index (χ2n) is 6.75. The highest BCUT2D eigenvalue weighted by molar-refractivity contribution is 6.04. The smallest absolute Gasteiger partial charge is 0.255 e. The summed E-state index contributed by atoms with van der Waals surface area (Å²) in [4.78, 5) is 27.3. The van der Waals surface area contributed by atoms with Crippen LogP contribution in [-0.4, -0.2) is 35.0 Å². The number of hydrogen-bond donors (Lipinski definition) is 1. The van der Waals surface area contributed by atoms with Crippen LogP contribution in [0.15, 0.2) is 53.1 Å². The van der Waals surface area contributed by atoms with Crippen molar-refractivity contribution in [3.63, 3.8) is 0 Å². The molecule has 2 aromatic carbocycles. The molecule has 138 valence electrons. The van der Waals surface area contributed by atoms with E-state index in [4.69, 9.17) is 4.52 Å². The number of fused-ring (bicyclic) bond motifs is 1. The molecule has 0 unspecified atom stereocenters. The quantitative estimate of drug-likeness (QED) is 0.768. The highest BCUT2D eigenvalue weighted by Crippen LogP contribution is 2.22. The summed E-state index contributed by atoms with van der Waals surface area (Å²) in [7, 11) is 0. The van der Waals surface area contributed by atoms with Crippen molar-refractivity contribution < 1.29 is 14.1 Å². The van der Waals surface area contributed by atoms with Crippen LogP contribution in [-0.2, 0) is 11.2 Å². The van der Waals surface area contributed by atoms with Gasteiger partial charge in [-0.15, -0.1) is 0 Å². The van der Waals surface area contributed by atoms with Crippen LogP contribution in [0.5, 0.6) is 0 Å². The topological polar surface area (TPSA) is 75.4 Å². The number of likely N-dealkylation sites (tertiary alicyclic amines) is 1. The second-order valence-corrected chi connectivity index (χ2v) is 6.75. The van der Waals surface area contributed by atoms with Gasteiger partial charge in [-0.1, -0.05) is 29.4 Å². The Hall–Kier alpha value is -3.15. The Morgan fingerprint density at radius 2 is 1.74 bits per heavy atom. The Labute approximate surface area is 157 Å². The van der Waals surface area contributed by atoms with Gasteiger partial charge < -0.3 is 14.7 Å². The lowest BCUT2D eigenvalue weighted by molar-refractivity contribution is -0.115. The van der Waals surface area contributed by atoms with Crippen molar-refractivity contribution in [1.29, 1.82) is 0 Å². The molecule has 1 aliphatic heterocycles. The molecule has 0 saturated carbocycles. The number of para-hydroxylation sites is 2. The van der Waals surface area contributed by atoms with Crippen LogP contribution in [0.3, 0.4) is 0 Å². The fourth-order valence-electron chi connectivity index (χ4n) is 3.46. The van der Waals surface area contributed by atoms with Gasteiger partial charge in [-0.05, 0) is 43.5 Å². The van der Waals surface area contributed by atoms with Gasteiger partial charge in [0.15, 0.2) is 5.58 Å². The summed E-state index contributed by atoms with van der Waals surface area (Å²) in [6, 6.07) is 14.6. The minimum atomic E-state index is -0.229. The molecule has 27 heavy (non-hydrogen) atoms. The second kappa shape index (κ2) is 7.61. The van der Waals surface area contributed by atoms with Gasteiger partial charge in [0.05, 0.1) is 17.7 Å². The average molecular weight is 363 g/mol. The molecule has 0 aliphatic carbocycles. The normalized spacial score (nSPS) is 14.3. The first-order valence-electron chi connectivity index (χ1n) is 9.24. The van der Waals surface area contributed by atoms with Crippen molar-refractivity contribution in [3.8, 4) is 0 Å². The van der Waals surface area contributed by atoms with Crippen LogP contribution < -0.4 is 5.32 Å². The number of aromatic nitrogens is 1. The lowest BCUT2D eigenvalue weighted by Crippen LogP contribution is -2.36. The molecule has 4 rings (SSSR count). The number of hydrogen-bond acceptors (Lipinski definition) is 4. The van der Waals surface area contributed by atoms with E-state index in [1.807, 2.05) is 41.3 Å². The monoisotopic (exact) mass is 363 g/mol. The molecule has 0 radical (unpaired) electrons. The van der Waals surface area contributed by atoms with Gasteiger partial charge >= 0.3 is 0 Å². The summed E-state index contributed by atoms with van der Waals surface area (Å²) >= 11 is 0. The molecule has 0 bridgehead atoms. The fraction of sp³-hybridized carbons (Fsp3) is 0.286. The first-order chi connectivity index (χ1) is 13.2. The van der Waals surface area contributed by atoms with E-state index in [2.05, 4.69) is 10.5 Å². The molecule has 2 amide bonds. The van der Waals surface area contributed by atoms with E-state index in [1.54, 1.807) is 12.1 Å². The maximum Gasteiger partial charge on any atom is 0.255 e. The lowest BCUT2D eigenvalue weighted by Gasteiger charge is -2.27. The predicted molar refractivity (Wildman–Crippen MR) is 103 cm³/mol. The lowest BCUT2D eigenvalue weighted by atomic mass is 10.1. The van der Waals surface area contributed by atoms with Crippen molar-refractivity contribution in [3.05, 3.63) is 59.8 Å². The molecule has 0 spiro atoms. The zero-order valence-electron chi connectivity index (χ0n) is 15.0. The Bertz CT molecular complexity index is 973. The molecule has 6 heteroatoms. The summed E-state index contributed by atoms with van der Waals surface area (Å²) in [6.07, 6.45) is 3.30.